The van der Waals surface area contributed by atoms with E-state index in [9.17, 15) is 0 Å². The molecule has 0 radical (unpaired) electrons. The maximum absolute atomic E-state index is 9.12. The Balaban J connectivity index is 2.17. The third kappa shape index (κ3) is 3.37. The fraction of sp³-hybridized carbons (Fsp3) is 0.235. The third-order valence-corrected chi connectivity index (χ3v) is 3.07. The van der Waals surface area contributed by atoms with Crippen molar-refractivity contribution in [3.8, 4) is 17.6 Å². The molecule has 20 heavy (non-hydrogen) atoms. The average molecular weight is 267 g/mol. The number of hydrogen-bond acceptors (Lipinski definition) is 3. The van der Waals surface area contributed by atoms with Gasteiger partial charge in [0.1, 0.15) is 17.6 Å². The Bertz CT molecular complexity index is 612. The van der Waals surface area contributed by atoms with Gasteiger partial charge in [0.05, 0.1) is 12.2 Å². The molecule has 3 nitrogen and oxygen atoms in total. The summed E-state index contributed by atoms with van der Waals surface area (Å²) in [4.78, 5) is 0. The van der Waals surface area contributed by atoms with Crippen LogP contribution in [0, 0.1) is 18.3 Å². The summed E-state index contributed by atoms with van der Waals surface area (Å²) < 4.78 is 10.9. The van der Waals surface area contributed by atoms with Crippen LogP contribution in [0.5, 0.6) is 11.5 Å². The van der Waals surface area contributed by atoms with Crippen molar-refractivity contribution in [3.05, 3.63) is 59.2 Å². The Kier molecular flexibility index (Phi) is 4.75. The fourth-order valence-corrected chi connectivity index (χ4v) is 1.94. The maximum atomic E-state index is 9.12. The highest BCUT2D eigenvalue weighted by Crippen LogP contribution is 2.28. The van der Waals surface area contributed by atoms with Crippen molar-refractivity contribution in [1.29, 1.82) is 5.26 Å². The highest BCUT2D eigenvalue weighted by atomic mass is 16.5. The zero-order valence-corrected chi connectivity index (χ0v) is 11.7. The van der Waals surface area contributed by atoms with Gasteiger partial charge in [-0.3, -0.25) is 0 Å². The molecule has 0 aliphatic rings. The smallest absolute Gasteiger partial charge is 0.148 e. The monoisotopic (exact) mass is 267 g/mol. The number of methoxy groups -OCH3 is 1. The highest BCUT2D eigenvalue weighted by Gasteiger charge is 2.07. The van der Waals surface area contributed by atoms with Crippen LogP contribution in [0.2, 0.25) is 0 Å². The number of ether oxygens (including phenoxy) is 2. The molecule has 0 bridgehead atoms. The van der Waals surface area contributed by atoms with Gasteiger partial charge in [0, 0.05) is 7.11 Å². The zero-order valence-electron chi connectivity index (χ0n) is 11.7. The lowest BCUT2D eigenvalue weighted by molar-refractivity contribution is 0.202. The van der Waals surface area contributed by atoms with Gasteiger partial charge in [0.2, 0.25) is 0 Å². The van der Waals surface area contributed by atoms with E-state index in [0.29, 0.717) is 17.9 Å². The molecule has 0 aromatic heterocycles. The van der Waals surface area contributed by atoms with E-state index in [1.807, 2.05) is 43.3 Å². The SMILES string of the molecule is COCCc1ccc(Oc2c(C)cccc2C#N)cc1. The van der Waals surface area contributed by atoms with E-state index in [4.69, 9.17) is 14.7 Å². The minimum absolute atomic E-state index is 0.549. The topological polar surface area (TPSA) is 42.2 Å². The predicted molar refractivity (Wildman–Crippen MR) is 78.0 cm³/mol. The first kappa shape index (κ1) is 14.1. The summed E-state index contributed by atoms with van der Waals surface area (Å²) in [6.07, 6.45) is 0.880. The van der Waals surface area contributed by atoms with Crippen LogP contribution < -0.4 is 4.74 Å². The molecular weight excluding hydrogens is 250 g/mol. The number of nitriles is 1. The number of para-hydroxylation sites is 1. The first-order valence-electron chi connectivity index (χ1n) is 6.50. The molecule has 0 saturated heterocycles. The van der Waals surface area contributed by atoms with Crippen molar-refractivity contribution in [3.63, 3.8) is 0 Å². The van der Waals surface area contributed by atoms with Crippen LogP contribution in [0.25, 0.3) is 0 Å². The number of nitrogens with zero attached hydrogens (tertiary/aromatic N) is 1. The first-order chi connectivity index (χ1) is 9.74. The van der Waals surface area contributed by atoms with Gasteiger partial charge in [0.15, 0.2) is 0 Å². The Labute approximate surface area is 119 Å². The van der Waals surface area contributed by atoms with Crippen LogP contribution >= 0.6 is 0 Å². The maximum Gasteiger partial charge on any atom is 0.148 e. The molecular formula is C17H17NO2. The van der Waals surface area contributed by atoms with Crippen molar-refractivity contribution in [2.75, 3.05) is 13.7 Å². The summed E-state index contributed by atoms with van der Waals surface area (Å²) in [6.45, 7) is 2.64. The highest BCUT2D eigenvalue weighted by molar-refractivity contribution is 5.50. The molecule has 0 amide bonds. The number of aryl methyl sites for hydroxylation is 1. The van der Waals surface area contributed by atoms with Crippen molar-refractivity contribution in [1.82, 2.24) is 0 Å². The summed E-state index contributed by atoms with van der Waals surface area (Å²) in [5.74, 6) is 1.36. The molecule has 0 spiro atoms. The molecule has 2 aromatic rings. The van der Waals surface area contributed by atoms with Crippen LogP contribution in [0.4, 0.5) is 0 Å². The van der Waals surface area contributed by atoms with Gasteiger partial charge >= 0.3 is 0 Å². The third-order valence-electron chi connectivity index (χ3n) is 3.07. The fourth-order valence-electron chi connectivity index (χ4n) is 1.94. The molecule has 0 saturated carbocycles. The van der Waals surface area contributed by atoms with Crippen LogP contribution in [-0.4, -0.2) is 13.7 Å². The first-order valence-corrected chi connectivity index (χ1v) is 6.50. The van der Waals surface area contributed by atoms with E-state index in [2.05, 4.69) is 6.07 Å². The van der Waals surface area contributed by atoms with Crippen molar-refractivity contribution in [2.45, 2.75) is 13.3 Å². The molecule has 2 rings (SSSR count). The predicted octanol–water partition coefficient (Wildman–Crippen LogP) is 3.85. The summed E-state index contributed by atoms with van der Waals surface area (Å²) in [5, 5.41) is 9.12. The van der Waals surface area contributed by atoms with E-state index in [-0.39, 0.29) is 0 Å². The molecule has 0 aliphatic heterocycles. The van der Waals surface area contributed by atoms with Crippen LogP contribution in [0.15, 0.2) is 42.5 Å². The van der Waals surface area contributed by atoms with E-state index in [1.54, 1.807) is 13.2 Å². The summed E-state index contributed by atoms with van der Waals surface area (Å²) in [5.41, 5.74) is 2.70. The second-order valence-electron chi connectivity index (χ2n) is 4.55. The van der Waals surface area contributed by atoms with Gasteiger partial charge in [-0.1, -0.05) is 24.3 Å². The van der Waals surface area contributed by atoms with Crippen molar-refractivity contribution < 1.29 is 9.47 Å². The van der Waals surface area contributed by atoms with E-state index >= 15 is 0 Å². The Morgan fingerprint density at radius 1 is 1.10 bits per heavy atom. The number of hydrogen-bond donors (Lipinski definition) is 0. The van der Waals surface area contributed by atoms with E-state index < -0.39 is 0 Å². The van der Waals surface area contributed by atoms with Gasteiger partial charge < -0.3 is 9.47 Å². The largest absolute Gasteiger partial charge is 0.456 e. The van der Waals surface area contributed by atoms with Gasteiger partial charge in [-0.05, 0) is 42.7 Å². The minimum atomic E-state index is 0.549. The molecule has 0 heterocycles. The molecule has 102 valence electrons. The molecule has 3 heteroatoms. The summed E-state index contributed by atoms with van der Waals surface area (Å²) in [6, 6.07) is 15.6. The number of benzene rings is 2. The quantitative estimate of drug-likeness (QED) is 0.826. The van der Waals surface area contributed by atoms with Gasteiger partial charge in [-0.15, -0.1) is 0 Å². The lowest BCUT2D eigenvalue weighted by Gasteiger charge is -2.10. The number of rotatable bonds is 5. The van der Waals surface area contributed by atoms with Gasteiger partial charge in [0.25, 0.3) is 0 Å². The minimum Gasteiger partial charge on any atom is -0.456 e. The lowest BCUT2D eigenvalue weighted by Crippen LogP contribution is -1.95. The Morgan fingerprint density at radius 2 is 1.85 bits per heavy atom. The Hall–Kier alpha value is -2.31. The second kappa shape index (κ2) is 6.74. The standard InChI is InChI=1S/C17H17NO2/c1-13-4-3-5-15(12-18)17(13)20-16-8-6-14(7-9-16)10-11-19-2/h3-9H,10-11H2,1-2H3. The van der Waals surface area contributed by atoms with E-state index in [0.717, 1.165) is 17.7 Å². The van der Waals surface area contributed by atoms with E-state index in [1.165, 1.54) is 5.56 Å². The second-order valence-corrected chi connectivity index (χ2v) is 4.55. The van der Waals surface area contributed by atoms with Crippen LogP contribution in [0.3, 0.4) is 0 Å². The summed E-state index contributed by atoms with van der Waals surface area (Å²) >= 11 is 0. The van der Waals surface area contributed by atoms with Crippen molar-refractivity contribution in [2.24, 2.45) is 0 Å². The molecule has 0 aliphatic carbocycles. The van der Waals surface area contributed by atoms with Gasteiger partial charge in [-0.25, -0.2) is 0 Å². The zero-order chi connectivity index (χ0) is 14.4. The van der Waals surface area contributed by atoms with Crippen LogP contribution in [-0.2, 0) is 11.2 Å². The molecule has 0 fully saturated rings. The molecule has 0 N–H and O–H groups in total. The summed E-state index contributed by atoms with van der Waals surface area (Å²) in [7, 11) is 1.69. The average Bonchev–Trinajstić information content (AvgIpc) is 2.48. The lowest BCUT2D eigenvalue weighted by atomic mass is 10.1. The van der Waals surface area contributed by atoms with Gasteiger partial charge in [-0.2, -0.15) is 5.26 Å². The van der Waals surface area contributed by atoms with Crippen molar-refractivity contribution >= 4 is 0 Å². The molecule has 0 atom stereocenters. The van der Waals surface area contributed by atoms with Crippen LogP contribution in [0.1, 0.15) is 16.7 Å². The molecule has 0 unspecified atom stereocenters. The Morgan fingerprint density at radius 3 is 2.50 bits per heavy atom. The molecule has 2 aromatic carbocycles. The normalized spacial score (nSPS) is 10.1.